The third-order valence-electron chi connectivity index (χ3n) is 2.42. The van der Waals surface area contributed by atoms with Crippen LogP contribution >= 0.6 is 0 Å². The Labute approximate surface area is 105 Å². The molecule has 0 amide bonds. The van der Waals surface area contributed by atoms with Crippen LogP contribution in [0.25, 0.3) is 0 Å². The van der Waals surface area contributed by atoms with Crippen molar-refractivity contribution in [3.63, 3.8) is 0 Å². The van der Waals surface area contributed by atoms with Gasteiger partial charge in [0.05, 0.1) is 11.5 Å². The zero-order chi connectivity index (χ0) is 13.8. The number of nitrogens with one attached hydrogen (secondary N) is 1. The highest BCUT2D eigenvalue weighted by Crippen LogP contribution is 2.11. The van der Waals surface area contributed by atoms with Crippen LogP contribution in [0, 0.1) is 0 Å². The Bertz CT molecular complexity index is 509. The molecular formula is C11H15NO5S. The van der Waals surface area contributed by atoms with E-state index >= 15 is 0 Å². The number of carbonyl (C=O) groups is 1. The molecule has 0 fully saturated rings. The van der Waals surface area contributed by atoms with E-state index in [1.807, 2.05) is 11.6 Å². The van der Waals surface area contributed by atoms with Gasteiger partial charge in [0.1, 0.15) is 6.04 Å². The van der Waals surface area contributed by atoms with Gasteiger partial charge in [-0.15, -0.1) is 0 Å². The summed E-state index contributed by atoms with van der Waals surface area (Å²) in [5.74, 6) is -1.42. The average Bonchev–Trinajstić information content (AvgIpc) is 2.35. The van der Waals surface area contributed by atoms with Crippen molar-refractivity contribution in [3.8, 4) is 0 Å². The van der Waals surface area contributed by atoms with E-state index in [9.17, 15) is 13.2 Å². The minimum absolute atomic E-state index is 0.0283. The molecule has 0 aliphatic carbocycles. The van der Waals surface area contributed by atoms with Gasteiger partial charge in [-0.2, -0.15) is 4.72 Å². The molecule has 0 spiro atoms. The third-order valence-corrected chi connectivity index (χ3v) is 3.91. The number of carboxylic acids is 1. The summed E-state index contributed by atoms with van der Waals surface area (Å²) in [5.41, 5.74) is 0.978. The monoisotopic (exact) mass is 273 g/mol. The van der Waals surface area contributed by atoms with E-state index in [4.69, 9.17) is 10.2 Å². The van der Waals surface area contributed by atoms with Crippen molar-refractivity contribution in [3.05, 3.63) is 29.8 Å². The summed E-state index contributed by atoms with van der Waals surface area (Å²) in [7, 11) is -3.93. The van der Waals surface area contributed by atoms with Crippen LogP contribution in [0.4, 0.5) is 0 Å². The Kier molecular flexibility index (Phi) is 4.83. The molecule has 0 bridgehead atoms. The molecule has 7 heteroatoms. The minimum atomic E-state index is -3.93. The Hall–Kier alpha value is -1.44. The van der Waals surface area contributed by atoms with Gasteiger partial charge in [-0.25, -0.2) is 8.42 Å². The van der Waals surface area contributed by atoms with E-state index < -0.39 is 28.6 Å². The average molecular weight is 273 g/mol. The Morgan fingerprint density at radius 3 is 2.28 bits per heavy atom. The molecule has 6 nitrogen and oxygen atoms in total. The topological polar surface area (TPSA) is 104 Å². The molecule has 0 saturated carbocycles. The van der Waals surface area contributed by atoms with Gasteiger partial charge >= 0.3 is 5.97 Å². The number of carboxylic acid groups (broad SMARTS) is 1. The fourth-order valence-corrected chi connectivity index (χ4v) is 2.51. The number of aliphatic hydroxyl groups is 1. The van der Waals surface area contributed by atoms with Crippen LogP contribution in [0.5, 0.6) is 0 Å². The van der Waals surface area contributed by atoms with Crippen molar-refractivity contribution < 1.29 is 23.4 Å². The Balaban J connectivity index is 2.95. The summed E-state index contributed by atoms with van der Waals surface area (Å²) in [6.07, 6.45) is 0.780. The first-order chi connectivity index (χ1) is 8.40. The number of aryl methyl sites for hydroxylation is 1. The van der Waals surface area contributed by atoms with Gasteiger partial charge < -0.3 is 10.2 Å². The van der Waals surface area contributed by atoms with Crippen molar-refractivity contribution >= 4 is 16.0 Å². The predicted molar refractivity (Wildman–Crippen MR) is 64.7 cm³/mol. The minimum Gasteiger partial charge on any atom is -0.480 e. The quantitative estimate of drug-likeness (QED) is 0.675. The zero-order valence-corrected chi connectivity index (χ0v) is 10.6. The molecule has 0 aliphatic heterocycles. The number of aliphatic hydroxyl groups excluding tert-OH is 1. The fraction of sp³-hybridized carbons (Fsp3) is 0.364. The van der Waals surface area contributed by atoms with E-state index in [1.165, 1.54) is 12.1 Å². The number of aliphatic carboxylic acids is 1. The Morgan fingerprint density at radius 1 is 1.33 bits per heavy atom. The van der Waals surface area contributed by atoms with E-state index in [0.717, 1.165) is 12.0 Å². The highest BCUT2D eigenvalue weighted by Gasteiger charge is 2.24. The molecule has 1 atom stereocenters. The van der Waals surface area contributed by atoms with Crippen LogP contribution in [0.2, 0.25) is 0 Å². The first-order valence-electron chi connectivity index (χ1n) is 5.35. The molecule has 100 valence electrons. The van der Waals surface area contributed by atoms with Gasteiger partial charge in [0.15, 0.2) is 0 Å². The summed E-state index contributed by atoms with van der Waals surface area (Å²) in [4.78, 5) is 10.6. The van der Waals surface area contributed by atoms with Crippen LogP contribution in [-0.2, 0) is 21.2 Å². The van der Waals surface area contributed by atoms with Crippen LogP contribution in [0.1, 0.15) is 12.5 Å². The second-order valence-electron chi connectivity index (χ2n) is 3.69. The fourth-order valence-electron chi connectivity index (χ4n) is 1.33. The van der Waals surface area contributed by atoms with Gasteiger partial charge in [0, 0.05) is 0 Å². The summed E-state index contributed by atoms with van der Waals surface area (Å²) >= 11 is 0. The first kappa shape index (κ1) is 14.6. The first-order valence-corrected chi connectivity index (χ1v) is 6.84. The summed E-state index contributed by atoms with van der Waals surface area (Å²) in [6.45, 7) is 1.13. The second kappa shape index (κ2) is 5.94. The van der Waals surface area contributed by atoms with Crippen LogP contribution in [0.15, 0.2) is 29.2 Å². The van der Waals surface area contributed by atoms with Crippen LogP contribution < -0.4 is 4.72 Å². The van der Waals surface area contributed by atoms with Gasteiger partial charge in [0.2, 0.25) is 10.0 Å². The molecule has 18 heavy (non-hydrogen) atoms. The SMILES string of the molecule is CCc1ccc(S(=O)(=O)NC(CO)C(=O)O)cc1. The summed E-state index contributed by atoms with van der Waals surface area (Å²) in [5, 5.41) is 17.5. The maximum absolute atomic E-state index is 11.8. The maximum Gasteiger partial charge on any atom is 0.324 e. The standard InChI is InChI=1S/C11H15NO5S/c1-2-8-3-5-9(6-4-8)18(16,17)12-10(7-13)11(14)15/h3-6,10,12-13H,2,7H2,1H3,(H,14,15). The van der Waals surface area contributed by atoms with E-state index in [1.54, 1.807) is 12.1 Å². The van der Waals surface area contributed by atoms with Crippen molar-refractivity contribution in [2.45, 2.75) is 24.3 Å². The molecule has 3 N–H and O–H groups in total. The number of rotatable bonds is 6. The lowest BCUT2D eigenvalue weighted by Gasteiger charge is -2.12. The van der Waals surface area contributed by atoms with Gasteiger partial charge in [-0.05, 0) is 24.1 Å². The highest BCUT2D eigenvalue weighted by molar-refractivity contribution is 7.89. The normalized spacial score (nSPS) is 13.2. The van der Waals surface area contributed by atoms with Crippen molar-refractivity contribution in [1.82, 2.24) is 4.72 Å². The molecule has 1 rings (SSSR count). The smallest absolute Gasteiger partial charge is 0.324 e. The molecule has 1 aromatic carbocycles. The highest BCUT2D eigenvalue weighted by atomic mass is 32.2. The number of sulfonamides is 1. The summed E-state index contributed by atoms with van der Waals surface area (Å²) < 4.78 is 25.6. The molecule has 0 aliphatic rings. The lowest BCUT2D eigenvalue weighted by atomic mass is 10.2. The molecule has 0 saturated heterocycles. The Morgan fingerprint density at radius 2 is 1.89 bits per heavy atom. The molecule has 0 heterocycles. The number of hydrogen-bond acceptors (Lipinski definition) is 4. The van der Waals surface area contributed by atoms with Gasteiger partial charge in [-0.3, -0.25) is 4.79 Å². The van der Waals surface area contributed by atoms with Crippen LogP contribution in [0.3, 0.4) is 0 Å². The maximum atomic E-state index is 11.8. The molecule has 1 unspecified atom stereocenters. The van der Waals surface area contributed by atoms with E-state index in [2.05, 4.69) is 0 Å². The second-order valence-corrected chi connectivity index (χ2v) is 5.41. The van der Waals surface area contributed by atoms with Gasteiger partial charge in [0.25, 0.3) is 0 Å². The van der Waals surface area contributed by atoms with Crippen molar-refractivity contribution in [2.75, 3.05) is 6.61 Å². The predicted octanol–water partition coefficient (Wildman–Crippen LogP) is -0.0272. The summed E-state index contributed by atoms with van der Waals surface area (Å²) in [6, 6.07) is 4.57. The van der Waals surface area contributed by atoms with Crippen molar-refractivity contribution in [2.24, 2.45) is 0 Å². The van der Waals surface area contributed by atoms with E-state index in [-0.39, 0.29) is 4.90 Å². The van der Waals surface area contributed by atoms with Gasteiger partial charge in [-0.1, -0.05) is 19.1 Å². The molecular weight excluding hydrogens is 258 g/mol. The third kappa shape index (κ3) is 3.52. The molecule has 0 radical (unpaired) electrons. The zero-order valence-electron chi connectivity index (χ0n) is 9.83. The van der Waals surface area contributed by atoms with Crippen molar-refractivity contribution in [1.29, 1.82) is 0 Å². The van der Waals surface area contributed by atoms with E-state index in [0.29, 0.717) is 0 Å². The molecule has 1 aromatic rings. The lowest BCUT2D eigenvalue weighted by Crippen LogP contribution is -2.43. The number of benzene rings is 1. The molecule has 0 aromatic heterocycles. The number of hydrogen-bond donors (Lipinski definition) is 3. The largest absolute Gasteiger partial charge is 0.480 e. The lowest BCUT2D eigenvalue weighted by molar-refractivity contribution is -0.139. The van der Waals surface area contributed by atoms with Crippen LogP contribution in [-0.4, -0.2) is 37.2 Å².